The number of nitrogens with one attached hydrogen (secondary N) is 1. The summed E-state index contributed by atoms with van der Waals surface area (Å²) in [6, 6.07) is 5.59. The predicted molar refractivity (Wildman–Crippen MR) is 83.8 cm³/mol. The molecule has 0 aliphatic heterocycles. The van der Waals surface area contributed by atoms with Crippen molar-refractivity contribution in [2.45, 2.75) is 57.4 Å². The summed E-state index contributed by atoms with van der Waals surface area (Å²) in [5, 5.41) is 3.60. The fraction of sp³-hybridized carbons (Fsp3) is 0.647. The molecule has 3 heteroatoms. The minimum atomic E-state index is -0.312. The average Bonchev–Trinajstić information content (AvgIpc) is 2.71. The zero-order chi connectivity index (χ0) is 14.4. The molecule has 0 radical (unpaired) electrons. The highest BCUT2D eigenvalue weighted by Crippen LogP contribution is 2.27. The first-order valence-electron chi connectivity index (χ1n) is 7.80. The van der Waals surface area contributed by atoms with E-state index in [4.69, 9.17) is 11.6 Å². The van der Waals surface area contributed by atoms with Gasteiger partial charge in [-0.25, -0.2) is 4.39 Å². The second-order valence-electron chi connectivity index (χ2n) is 6.03. The first-order chi connectivity index (χ1) is 9.69. The van der Waals surface area contributed by atoms with E-state index in [0.29, 0.717) is 6.04 Å². The van der Waals surface area contributed by atoms with Crippen LogP contribution in [0.2, 0.25) is 5.02 Å². The molecule has 1 aliphatic rings. The van der Waals surface area contributed by atoms with E-state index in [9.17, 15) is 4.39 Å². The Balaban J connectivity index is 1.92. The summed E-state index contributed by atoms with van der Waals surface area (Å²) in [6.45, 7) is 0. The molecule has 1 unspecified atom stereocenters. The van der Waals surface area contributed by atoms with Crippen LogP contribution in [0.4, 0.5) is 4.39 Å². The number of hydrogen-bond donors (Lipinski definition) is 1. The van der Waals surface area contributed by atoms with Crippen LogP contribution in [0.15, 0.2) is 18.2 Å². The molecular weight excluding hydrogens is 273 g/mol. The van der Waals surface area contributed by atoms with Crippen molar-refractivity contribution in [3.8, 4) is 0 Å². The Morgan fingerprint density at radius 3 is 2.55 bits per heavy atom. The van der Waals surface area contributed by atoms with E-state index in [0.717, 1.165) is 17.9 Å². The van der Waals surface area contributed by atoms with Crippen molar-refractivity contribution >= 4 is 11.6 Å². The van der Waals surface area contributed by atoms with E-state index in [1.807, 2.05) is 13.1 Å². The summed E-state index contributed by atoms with van der Waals surface area (Å²) >= 11 is 5.73. The molecule has 1 aromatic carbocycles. The molecule has 112 valence electrons. The number of halogens is 2. The van der Waals surface area contributed by atoms with E-state index in [2.05, 4.69) is 5.32 Å². The van der Waals surface area contributed by atoms with Gasteiger partial charge in [-0.2, -0.15) is 0 Å². The Morgan fingerprint density at radius 2 is 1.95 bits per heavy atom. The highest BCUT2D eigenvalue weighted by Gasteiger charge is 2.17. The van der Waals surface area contributed by atoms with Gasteiger partial charge in [0.2, 0.25) is 0 Å². The maximum atomic E-state index is 13.5. The van der Waals surface area contributed by atoms with Crippen molar-refractivity contribution < 1.29 is 4.39 Å². The summed E-state index contributed by atoms with van der Waals surface area (Å²) in [4.78, 5) is 0. The molecule has 0 bridgehead atoms. The van der Waals surface area contributed by atoms with Crippen molar-refractivity contribution in [1.29, 1.82) is 0 Å². The highest BCUT2D eigenvalue weighted by atomic mass is 35.5. The lowest BCUT2D eigenvalue weighted by Crippen LogP contribution is -2.30. The Hall–Kier alpha value is -0.600. The largest absolute Gasteiger partial charge is 0.317 e. The molecule has 0 aromatic heterocycles. The van der Waals surface area contributed by atoms with Crippen molar-refractivity contribution in [2.24, 2.45) is 5.92 Å². The van der Waals surface area contributed by atoms with Crippen LogP contribution < -0.4 is 5.32 Å². The van der Waals surface area contributed by atoms with E-state index in [1.54, 1.807) is 12.1 Å². The lowest BCUT2D eigenvalue weighted by molar-refractivity contribution is 0.361. The van der Waals surface area contributed by atoms with Crippen molar-refractivity contribution in [1.82, 2.24) is 5.32 Å². The fourth-order valence-electron chi connectivity index (χ4n) is 3.26. The van der Waals surface area contributed by atoms with Crippen LogP contribution in [0.5, 0.6) is 0 Å². The number of benzene rings is 1. The second kappa shape index (κ2) is 7.99. The molecule has 1 saturated carbocycles. The number of hydrogen-bond acceptors (Lipinski definition) is 1. The quantitative estimate of drug-likeness (QED) is 0.757. The van der Waals surface area contributed by atoms with Crippen molar-refractivity contribution in [3.63, 3.8) is 0 Å². The third-order valence-electron chi connectivity index (χ3n) is 4.47. The van der Waals surface area contributed by atoms with E-state index < -0.39 is 0 Å². The summed E-state index contributed by atoms with van der Waals surface area (Å²) in [5.74, 6) is 0.514. The molecule has 0 heterocycles. The third kappa shape index (κ3) is 4.75. The molecule has 1 fully saturated rings. The molecule has 1 N–H and O–H groups in total. The molecule has 1 nitrogen and oxygen atoms in total. The Kier molecular flexibility index (Phi) is 6.31. The van der Waals surface area contributed by atoms with Gasteiger partial charge >= 0.3 is 0 Å². The van der Waals surface area contributed by atoms with Crippen LogP contribution in [0.3, 0.4) is 0 Å². The van der Waals surface area contributed by atoms with Gasteiger partial charge in [0.1, 0.15) is 5.82 Å². The standard InChI is InChI=1S/C17H25ClFN/c1-20-15(10-13-6-4-2-3-5-7-13)11-14-8-9-16(18)17(19)12-14/h8-9,12-13,15,20H,2-7,10-11H2,1H3. The van der Waals surface area contributed by atoms with E-state index >= 15 is 0 Å². The van der Waals surface area contributed by atoms with Gasteiger partial charge in [0.05, 0.1) is 5.02 Å². The molecule has 1 aromatic rings. The maximum absolute atomic E-state index is 13.5. The van der Waals surface area contributed by atoms with Crippen LogP contribution >= 0.6 is 11.6 Å². The van der Waals surface area contributed by atoms with E-state index in [-0.39, 0.29) is 10.8 Å². The van der Waals surface area contributed by atoms with Crippen LogP contribution in [0.25, 0.3) is 0 Å². The summed E-state index contributed by atoms with van der Waals surface area (Å²) in [5.41, 5.74) is 1.03. The van der Waals surface area contributed by atoms with Gasteiger partial charge in [0.15, 0.2) is 0 Å². The monoisotopic (exact) mass is 297 g/mol. The molecule has 0 spiro atoms. The van der Waals surface area contributed by atoms with Crippen LogP contribution in [0.1, 0.15) is 50.5 Å². The second-order valence-corrected chi connectivity index (χ2v) is 6.44. The Morgan fingerprint density at radius 1 is 1.25 bits per heavy atom. The topological polar surface area (TPSA) is 12.0 Å². The third-order valence-corrected chi connectivity index (χ3v) is 4.77. The number of likely N-dealkylation sites (N-methyl/N-ethyl adjacent to an activating group) is 1. The lowest BCUT2D eigenvalue weighted by Gasteiger charge is -2.22. The first-order valence-corrected chi connectivity index (χ1v) is 8.18. The van der Waals surface area contributed by atoms with Gasteiger partial charge in [0, 0.05) is 6.04 Å². The van der Waals surface area contributed by atoms with E-state index in [1.165, 1.54) is 44.9 Å². The average molecular weight is 298 g/mol. The highest BCUT2D eigenvalue weighted by molar-refractivity contribution is 6.30. The first kappa shape index (κ1) is 15.8. The van der Waals surface area contributed by atoms with Gasteiger partial charge in [-0.15, -0.1) is 0 Å². The normalized spacial score (nSPS) is 18.8. The van der Waals surface area contributed by atoms with Crippen molar-refractivity contribution in [3.05, 3.63) is 34.6 Å². The van der Waals surface area contributed by atoms with Gasteiger partial charge in [-0.3, -0.25) is 0 Å². The summed E-state index contributed by atoms with van der Waals surface area (Å²) in [7, 11) is 2.01. The molecule has 1 aliphatic carbocycles. The minimum Gasteiger partial charge on any atom is -0.317 e. The zero-order valence-corrected chi connectivity index (χ0v) is 13.1. The Labute approximate surface area is 126 Å². The van der Waals surface area contributed by atoms with Gasteiger partial charge in [-0.1, -0.05) is 56.2 Å². The summed E-state index contributed by atoms with van der Waals surface area (Å²) in [6.07, 6.45) is 10.3. The SMILES string of the molecule is CNC(Cc1ccc(Cl)c(F)c1)CC1CCCCCC1. The zero-order valence-electron chi connectivity index (χ0n) is 12.3. The predicted octanol–water partition coefficient (Wildman–Crippen LogP) is 4.97. The van der Waals surface area contributed by atoms with Crippen LogP contribution in [0, 0.1) is 11.7 Å². The van der Waals surface area contributed by atoms with Crippen molar-refractivity contribution in [2.75, 3.05) is 7.05 Å². The lowest BCUT2D eigenvalue weighted by atomic mass is 9.90. The minimum absolute atomic E-state index is 0.207. The molecule has 0 amide bonds. The molecule has 1 atom stereocenters. The van der Waals surface area contributed by atoms with Crippen LogP contribution in [-0.4, -0.2) is 13.1 Å². The van der Waals surface area contributed by atoms with Gasteiger partial charge < -0.3 is 5.32 Å². The molecular formula is C17H25ClFN. The smallest absolute Gasteiger partial charge is 0.142 e. The molecule has 0 saturated heterocycles. The van der Waals surface area contributed by atoms with Crippen LogP contribution in [-0.2, 0) is 6.42 Å². The van der Waals surface area contributed by atoms with Gasteiger partial charge in [0.25, 0.3) is 0 Å². The maximum Gasteiger partial charge on any atom is 0.142 e. The van der Waals surface area contributed by atoms with Gasteiger partial charge in [-0.05, 0) is 43.5 Å². The molecule has 2 rings (SSSR count). The summed E-state index contributed by atoms with van der Waals surface area (Å²) < 4.78 is 13.5. The Bertz CT molecular complexity index is 413. The molecule has 20 heavy (non-hydrogen) atoms. The fourth-order valence-corrected chi connectivity index (χ4v) is 3.37. The number of rotatable bonds is 5.